The third kappa shape index (κ3) is 3.84. The molecule has 12 heteroatoms. The fourth-order valence-electron chi connectivity index (χ4n) is 2.47. The number of anilines is 1. The van der Waals surface area contributed by atoms with E-state index in [-0.39, 0.29) is 18.0 Å². The minimum absolute atomic E-state index is 0.0591. The van der Waals surface area contributed by atoms with Gasteiger partial charge in [0.1, 0.15) is 16.2 Å². The highest BCUT2D eigenvalue weighted by atomic mass is 79.9. The molecule has 1 aliphatic heterocycles. The van der Waals surface area contributed by atoms with Gasteiger partial charge < -0.3 is 15.4 Å². The summed E-state index contributed by atoms with van der Waals surface area (Å²) >= 11 is 3.14. The van der Waals surface area contributed by atoms with Crippen LogP contribution in [0.25, 0.3) is 5.52 Å². The lowest BCUT2D eigenvalue weighted by molar-refractivity contribution is -0.205. The fourth-order valence-corrected chi connectivity index (χ4v) is 2.94. The number of alkyl halides is 3. The number of hydrogen-bond donors (Lipinski definition) is 2. The Morgan fingerprint density at radius 3 is 2.96 bits per heavy atom. The van der Waals surface area contributed by atoms with Gasteiger partial charge in [-0.2, -0.15) is 13.2 Å². The van der Waals surface area contributed by atoms with Crippen molar-refractivity contribution >= 4 is 33.4 Å². The molecule has 2 aromatic heterocycles. The zero-order valence-corrected chi connectivity index (χ0v) is 14.1. The smallest absolute Gasteiger partial charge is 0.452 e. The molecule has 1 aliphatic rings. The number of halogens is 5. The van der Waals surface area contributed by atoms with Crippen LogP contribution in [0.15, 0.2) is 16.9 Å². The van der Waals surface area contributed by atoms with Crippen molar-refractivity contribution in [1.29, 1.82) is 0 Å². The van der Waals surface area contributed by atoms with E-state index in [1.165, 1.54) is 16.8 Å². The fraction of sp³-hybridized carbons (Fsp3) is 0.462. The maximum absolute atomic E-state index is 13.6. The van der Waals surface area contributed by atoms with Gasteiger partial charge in [0.15, 0.2) is 5.82 Å². The Balaban J connectivity index is 1.77. The minimum atomic E-state index is -5.06. The first-order chi connectivity index (χ1) is 11.8. The molecule has 0 aliphatic carbocycles. The van der Waals surface area contributed by atoms with Gasteiger partial charge >= 0.3 is 12.1 Å². The molecule has 0 saturated carbocycles. The molecule has 3 heterocycles. The van der Waals surface area contributed by atoms with Gasteiger partial charge in [0, 0.05) is 12.6 Å². The summed E-state index contributed by atoms with van der Waals surface area (Å²) < 4.78 is 56.9. The number of nitrogens with one attached hydrogen (secondary N) is 2. The van der Waals surface area contributed by atoms with Crippen LogP contribution in [-0.4, -0.2) is 52.0 Å². The summed E-state index contributed by atoms with van der Waals surface area (Å²) in [6.07, 6.45) is -4.48. The molecule has 3 rings (SSSR count). The number of fused-ring (bicyclic) bond motifs is 1. The second kappa shape index (κ2) is 6.75. The van der Waals surface area contributed by atoms with Crippen LogP contribution in [0.3, 0.4) is 0 Å². The van der Waals surface area contributed by atoms with Crippen molar-refractivity contribution in [3.8, 4) is 0 Å². The SMILES string of the molecule is O=C(O[C@@H]1CNCC[C@H]1Nc1ncc2c(F)cc(Br)n2n1)C(F)(F)F. The lowest BCUT2D eigenvalue weighted by atomic mass is 10.0. The molecule has 1 fully saturated rings. The highest BCUT2D eigenvalue weighted by Gasteiger charge is 2.43. The second-order valence-electron chi connectivity index (χ2n) is 5.38. The summed E-state index contributed by atoms with van der Waals surface area (Å²) in [5, 5.41) is 9.78. The van der Waals surface area contributed by atoms with Crippen LogP contribution >= 0.6 is 15.9 Å². The van der Waals surface area contributed by atoms with Gasteiger partial charge in [-0.25, -0.2) is 18.7 Å². The normalized spacial score (nSPS) is 21.3. The van der Waals surface area contributed by atoms with Gasteiger partial charge in [-0.1, -0.05) is 0 Å². The van der Waals surface area contributed by atoms with E-state index in [1.807, 2.05) is 0 Å². The Morgan fingerprint density at radius 2 is 2.24 bits per heavy atom. The molecule has 7 nitrogen and oxygen atoms in total. The maximum atomic E-state index is 13.6. The van der Waals surface area contributed by atoms with Gasteiger partial charge in [-0.15, -0.1) is 5.10 Å². The van der Waals surface area contributed by atoms with E-state index < -0.39 is 30.1 Å². The summed E-state index contributed by atoms with van der Waals surface area (Å²) in [5.74, 6) is -2.69. The summed E-state index contributed by atoms with van der Waals surface area (Å²) in [7, 11) is 0. The van der Waals surface area contributed by atoms with E-state index >= 15 is 0 Å². The van der Waals surface area contributed by atoms with Crippen LogP contribution in [0.2, 0.25) is 0 Å². The van der Waals surface area contributed by atoms with Crippen molar-refractivity contribution in [3.05, 3.63) is 22.7 Å². The molecule has 0 spiro atoms. The predicted octanol–water partition coefficient (Wildman–Crippen LogP) is 1.88. The monoisotopic (exact) mass is 425 g/mol. The Kier molecular flexibility index (Phi) is 4.82. The number of carbonyl (C=O) groups is 1. The van der Waals surface area contributed by atoms with Crippen molar-refractivity contribution in [2.24, 2.45) is 0 Å². The molecule has 0 unspecified atom stereocenters. The predicted molar refractivity (Wildman–Crippen MR) is 81.5 cm³/mol. The zero-order chi connectivity index (χ0) is 18.2. The number of hydrogen-bond acceptors (Lipinski definition) is 6. The first kappa shape index (κ1) is 17.9. The van der Waals surface area contributed by atoms with Gasteiger partial charge in [0.25, 0.3) is 0 Å². The standard InChI is InChI=1S/C13H12BrF4N5O2/c14-10-3-6(15)8-4-20-12(22-23(8)10)21-7-1-2-19-5-9(7)25-11(24)13(16,17)18/h3-4,7,9,19H,1-2,5H2,(H,21,22)/t7-,9-/m1/s1. The Hall–Kier alpha value is -1.95. The summed E-state index contributed by atoms with van der Waals surface area (Å²) in [6, 6.07) is 0.593. The topological polar surface area (TPSA) is 80.5 Å². The highest BCUT2D eigenvalue weighted by Crippen LogP contribution is 2.22. The van der Waals surface area contributed by atoms with Crippen LogP contribution in [0.1, 0.15) is 6.42 Å². The molecule has 2 aromatic rings. The van der Waals surface area contributed by atoms with E-state index in [1.54, 1.807) is 0 Å². The Morgan fingerprint density at radius 1 is 1.48 bits per heavy atom. The number of aromatic nitrogens is 3. The molecule has 136 valence electrons. The average Bonchev–Trinajstić information content (AvgIpc) is 2.82. The Labute approximate surface area is 146 Å². The van der Waals surface area contributed by atoms with Crippen molar-refractivity contribution in [2.75, 3.05) is 18.4 Å². The molecule has 0 radical (unpaired) electrons. The second-order valence-corrected chi connectivity index (χ2v) is 6.19. The summed E-state index contributed by atoms with van der Waals surface area (Å²) in [4.78, 5) is 15.0. The van der Waals surface area contributed by atoms with E-state index in [4.69, 9.17) is 0 Å². The van der Waals surface area contributed by atoms with Crippen molar-refractivity contribution in [3.63, 3.8) is 0 Å². The quantitative estimate of drug-likeness (QED) is 0.577. The van der Waals surface area contributed by atoms with Crippen LogP contribution < -0.4 is 10.6 Å². The number of carbonyl (C=O) groups excluding carboxylic acids is 1. The van der Waals surface area contributed by atoms with Crippen molar-refractivity contribution < 1.29 is 27.1 Å². The van der Waals surface area contributed by atoms with Crippen LogP contribution in [0.5, 0.6) is 0 Å². The first-order valence-corrected chi connectivity index (χ1v) is 8.00. The lowest BCUT2D eigenvalue weighted by Gasteiger charge is -2.32. The van der Waals surface area contributed by atoms with Gasteiger partial charge in [-0.05, 0) is 28.9 Å². The number of ether oxygens (including phenoxy) is 1. The summed E-state index contributed by atoms with van der Waals surface area (Å²) in [5.41, 5.74) is 0.141. The third-order valence-electron chi connectivity index (χ3n) is 3.66. The molecule has 1 saturated heterocycles. The largest absolute Gasteiger partial charge is 0.490 e. The average molecular weight is 426 g/mol. The zero-order valence-electron chi connectivity index (χ0n) is 12.5. The first-order valence-electron chi connectivity index (χ1n) is 7.20. The molecular formula is C13H12BrF4N5O2. The molecule has 25 heavy (non-hydrogen) atoms. The number of esters is 1. The molecule has 0 bridgehead atoms. The lowest BCUT2D eigenvalue weighted by Crippen LogP contribution is -2.51. The van der Waals surface area contributed by atoms with E-state index in [9.17, 15) is 22.4 Å². The van der Waals surface area contributed by atoms with E-state index in [0.29, 0.717) is 17.6 Å². The number of piperidine rings is 1. The Bertz CT molecular complexity index is 797. The van der Waals surface area contributed by atoms with Crippen molar-refractivity contribution in [1.82, 2.24) is 19.9 Å². The minimum Gasteiger partial charge on any atom is -0.452 e. The van der Waals surface area contributed by atoms with Crippen LogP contribution in [0.4, 0.5) is 23.5 Å². The van der Waals surface area contributed by atoms with Gasteiger partial charge in [0.2, 0.25) is 5.95 Å². The van der Waals surface area contributed by atoms with Gasteiger partial charge in [0.05, 0.1) is 12.2 Å². The van der Waals surface area contributed by atoms with E-state index in [2.05, 4.69) is 41.4 Å². The molecule has 2 N–H and O–H groups in total. The van der Waals surface area contributed by atoms with Crippen molar-refractivity contribution in [2.45, 2.75) is 24.7 Å². The maximum Gasteiger partial charge on any atom is 0.490 e. The summed E-state index contributed by atoms with van der Waals surface area (Å²) in [6.45, 7) is 0.575. The third-order valence-corrected chi connectivity index (χ3v) is 4.22. The van der Waals surface area contributed by atoms with Gasteiger partial charge in [-0.3, -0.25) is 0 Å². The van der Waals surface area contributed by atoms with E-state index in [0.717, 1.165) is 0 Å². The highest BCUT2D eigenvalue weighted by molar-refractivity contribution is 9.10. The molecule has 0 aromatic carbocycles. The van der Waals surface area contributed by atoms with Crippen LogP contribution in [-0.2, 0) is 9.53 Å². The number of rotatable bonds is 3. The number of nitrogens with zero attached hydrogens (tertiary/aromatic N) is 3. The molecular weight excluding hydrogens is 414 g/mol. The molecule has 2 atom stereocenters. The molecule has 0 amide bonds. The van der Waals surface area contributed by atoms with Crippen LogP contribution in [0, 0.1) is 5.82 Å².